The number of quaternary nitrogens is 1. The van der Waals surface area contributed by atoms with Crippen molar-refractivity contribution < 1.29 is 49.0 Å². The molecule has 0 spiro atoms. The van der Waals surface area contributed by atoms with E-state index in [4.69, 9.17) is 25.7 Å². The molecular formula is C54H70N6O9+2. The number of non-ortho nitro benzene ring substituents is 1. The molecule has 5 aromatic rings. The molecule has 3 atom stereocenters. The molecule has 0 aromatic heterocycles. The minimum Gasteiger partial charge on any atom is -0.493 e. The van der Waals surface area contributed by atoms with Gasteiger partial charge in [-0.1, -0.05) is 88.4 Å². The molecule has 0 heterocycles. The van der Waals surface area contributed by atoms with Crippen molar-refractivity contribution in [3.8, 4) is 22.6 Å². The minimum absolute atomic E-state index is 0.0178. The van der Waals surface area contributed by atoms with E-state index < -0.39 is 34.7 Å². The number of fused-ring (bicyclic) bond motifs is 2. The molecule has 15 heteroatoms. The zero-order valence-corrected chi connectivity index (χ0v) is 40.5. The summed E-state index contributed by atoms with van der Waals surface area (Å²) in [6, 6.07) is 28.7. The Balaban J connectivity index is 1.36. The van der Waals surface area contributed by atoms with E-state index in [-0.39, 0.29) is 61.6 Å². The predicted molar refractivity (Wildman–Crippen MR) is 268 cm³/mol. The Hall–Kier alpha value is -6.87. The summed E-state index contributed by atoms with van der Waals surface area (Å²) in [4.78, 5) is 69.6. The van der Waals surface area contributed by atoms with E-state index in [2.05, 4.69) is 42.0 Å². The van der Waals surface area contributed by atoms with Gasteiger partial charge in [0.1, 0.15) is 24.7 Å². The smallest absolute Gasteiger partial charge is 0.338 e. The number of guanidine groups is 1. The molecule has 0 saturated heterocycles. The number of rotatable bonds is 29. The summed E-state index contributed by atoms with van der Waals surface area (Å²) in [6.45, 7) is 9.26. The largest absolute Gasteiger partial charge is 0.493 e. The summed E-state index contributed by atoms with van der Waals surface area (Å²) in [5.41, 5.74) is 17.3. The Bertz CT molecular complexity index is 2560. The number of ether oxygens (including phenoxy) is 3. The summed E-state index contributed by atoms with van der Waals surface area (Å²) < 4.78 is 18.6. The van der Waals surface area contributed by atoms with Gasteiger partial charge < -0.3 is 25.3 Å². The van der Waals surface area contributed by atoms with Crippen molar-refractivity contribution in [1.82, 2.24) is 5.32 Å². The quantitative estimate of drug-likeness (QED) is 0.00884. The third-order valence-corrected chi connectivity index (χ3v) is 12.0. The van der Waals surface area contributed by atoms with Crippen molar-refractivity contribution in [1.29, 1.82) is 0 Å². The Labute approximate surface area is 404 Å². The van der Waals surface area contributed by atoms with Gasteiger partial charge in [-0.15, -0.1) is 0 Å². The molecule has 0 aliphatic heterocycles. The number of hydrogen-bond donors (Lipinski definition) is 5. The molecule has 5 rings (SSSR count). The number of carbonyl (C=O) groups excluding carboxylic acids is 4. The Morgan fingerprint density at radius 2 is 1.35 bits per heavy atom. The van der Waals surface area contributed by atoms with E-state index in [0.717, 1.165) is 45.5 Å². The molecule has 0 aliphatic carbocycles. The Kier molecular flexibility index (Phi) is 20.5. The predicted octanol–water partition coefficient (Wildman–Crippen LogP) is 6.34. The summed E-state index contributed by atoms with van der Waals surface area (Å²) in [5, 5.41) is 18.0. The molecular weight excluding hydrogens is 877 g/mol. The fraction of sp³-hybridized carbons (Fsp3) is 0.426. The van der Waals surface area contributed by atoms with Crippen LogP contribution < -0.4 is 37.0 Å². The van der Waals surface area contributed by atoms with Crippen LogP contribution in [0.4, 0.5) is 5.69 Å². The van der Waals surface area contributed by atoms with Crippen molar-refractivity contribution in [3.05, 3.63) is 113 Å². The van der Waals surface area contributed by atoms with Crippen LogP contribution in [0.25, 0.3) is 32.7 Å². The van der Waals surface area contributed by atoms with E-state index in [9.17, 15) is 29.3 Å². The fourth-order valence-electron chi connectivity index (χ4n) is 8.39. The number of nitro benzene ring substituents is 1. The lowest BCUT2D eigenvalue weighted by Crippen LogP contribution is -2.78. The van der Waals surface area contributed by atoms with Gasteiger partial charge in [-0.2, -0.15) is 0 Å². The maximum atomic E-state index is 14.3. The number of ketones is 2. The molecule has 368 valence electrons. The second-order valence-corrected chi connectivity index (χ2v) is 18.5. The highest BCUT2D eigenvalue weighted by Gasteiger charge is 2.32. The highest BCUT2D eigenvalue weighted by atomic mass is 16.6. The number of unbranched alkanes of at least 4 members (excludes halogenated alkanes) is 1. The first-order valence-corrected chi connectivity index (χ1v) is 24.1. The maximum absolute atomic E-state index is 14.3. The fourth-order valence-corrected chi connectivity index (χ4v) is 8.39. The number of hydrogen-bond acceptors (Lipinski definition) is 9. The summed E-state index contributed by atoms with van der Waals surface area (Å²) in [5.74, 6) is -1.56. The van der Waals surface area contributed by atoms with Gasteiger partial charge in [0.2, 0.25) is 5.91 Å². The van der Waals surface area contributed by atoms with Gasteiger partial charge in [0.15, 0.2) is 11.6 Å². The van der Waals surface area contributed by atoms with Crippen LogP contribution in [0.5, 0.6) is 11.5 Å². The molecule has 69 heavy (non-hydrogen) atoms. The number of nitrogens with one attached hydrogen (secondary N) is 2. The van der Waals surface area contributed by atoms with E-state index >= 15 is 0 Å². The van der Waals surface area contributed by atoms with Gasteiger partial charge in [0.25, 0.3) is 5.69 Å². The first-order chi connectivity index (χ1) is 33.1. The molecule has 5 aromatic carbocycles. The first-order valence-electron chi connectivity index (χ1n) is 24.1. The van der Waals surface area contributed by atoms with E-state index in [1.54, 1.807) is 0 Å². The van der Waals surface area contributed by atoms with Gasteiger partial charge in [-0.25, -0.2) is 0 Å². The van der Waals surface area contributed by atoms with Crippen LogP contribution in [-0.2, 0) is 30.5 Å². The zero-order valence-electron chi connectivity index (χ0n) is 40.5. The standard InChI is InChI=1S/C54H68N6O9/c1-35(2)26-29-67-48-24-20-38-12-5-7-15-44(38)50(48)51-45-16-8-6-13-39(45)21-25-49(51)68-34-43(61)31-40(14-9-10-27-55)52(63)59-46(17-11-28-58-54(56)57)47(62)32-41(30-36(3)4)53(64)69-33-37-18-22-42(23-19-37)60(65)66/h5-8,12-13,15-16,18-25,35-36,40-41,46H,9-11,14,17,26-34,55H2,1-4H3,(H,59,63)(H4,56,57,58)/p+2/t40-,41+,46+/m0/s1. The average Bonchev–Trinajstić information content (AvgIpc) is 3.32. The maximum Gasteiger partial charge on any atom is 0.338 e. The summed E-state index contributed by atoms with van der Waals surface area (Å²) >= 11 is 0. The molecule has 1 amide bonds. The van der Waals surface area contributed by atoms with Crippen LogP contribution in [0.3, 0.4) is 0 Å². The normalized spacial score (nSPS) is 12.6. The number of nitrogens with two attached hydrogens (primary N) is 2. The monoisotopic (exact) mass is 947 g/mol. The number of carbonyl (C=O) groups is 4. The number of benzene rings is 5. The van der Waals surface area contributed by atoms with Crippen molar-refractivity contribution in [2.75, 3.05) is 26.3 Å². The van der Waals surface area contributed by atoms with Gasteiger partial charge in [-0.05, 0) is 108 Å². The second-order valence-electron chi connectivity index (χ2n) is 18.5. The highest BCUT2D eigenvalue weighted by Crippen LogP contribution is 2.45. The lowest BCUT2D eigenvalue weighted by Gasteiger charge is -2.24. The van der Waals surface area contributed by atoms with Crippen molar-refractivity contribution in [3.63, 3.8) is 0 Å². The Morgan fingerprint density at radius 1 is 0.725 bits per heavy atom. The molecule has 0 bridgehead atoms. The van der Waals surface area contributed by atoms with E-state index in [1.807, 2.05) is 74.5 Å². The topological polar surface area (TPSA) is 245 Å². The lowest BCUT2D eigenvalue weighted by atomic mass is 9.89. The third kappa shape index (κ3) is 16.1. The number of amides is 1. The molecule has 0 unspecified atom stereocenters. The minimum atomic E-state index is -0.991. The van der Waals surface area contributed by atoms with Crippen molar-refractivity contribution in [2.45, 2.75) is 98.1 Å². The molecule has 15 nitrogen and oxygen atoms in total. The van der Waals surface area contributed by atoms with Gasteiger partial charge in [-0.3, -0.25) is 45.8 Å². The number of esters is 1. The first kappa shape index (κ1) is 53.1. The van der Waals surface area contributed by atoms with Gasteiger partial charge >= 0.3 is 11.9 Å². The number of nitrogens with zero attached hydrogens (tertiary/aromatic N) is 1. The number of nitro groups is 1. The van der Waals surface area contributed by atoms with Crippen LogP contribution in [0.1, 0.15) is 91.0 Å². The average molecular weight is 947 g/mol. The van der Waals surface area contributed by atoms with Crippen LogP contribution >= 0.6 is 0 Å². The van der Waals surface area contributed by atoms with Gasteiger partial charge in [0.05, 0.1) is 36.6 Å². The molecule has 0 aliphatic rings. The van der Waals surface area contributed by atoms with E-state index in [1.165, 1.54) is 24.3 Å². The molecule has 0 fully saturated rings. The van der Waals surface area contributed by atoms with Crippen LogP contribution in [0.2, 0.25) is 0 Å². The molecule has 0 saturated carbocycles. The highest BCUT2D eigenvalue weighted by molar-refractivity contribution is 6.10. The summed E-state index contributed by atoms with van der Waals surface area (Å²) in [7, 11) is 0. The Morgan fingerprint density at radius 3 is 1.93 bits per heavy atom. The van der Waals surface area contributed by atoms with Crippen molar-refractivity contribution >= 4 is 56.6 Å². The van der Waals surface area contributed by atoms with E-state index in [0.29, 0.717) is 68.4 Å². The zero-order chi connectivity index (χ0) is 49.9. The molecule has 9 N–H and O–H groups in total. The SMILES string of the molecule is CC(C)CCOc1ccc2ccccc2c1-c1c(OCC(=O)C[C@H](CCCC[NH3+])C(=O)N[C@H](CCC[NH+]=C(N)N)C(=O)C[C@@H](CC(C)C)C(=O)OCc2ccc([N+](=O)[O-])cc2)ccc2ccccc12. The third-order valence-electron chi connectivity index (χ3n) is 12.0. The van der Waals surface area contributed by atoms with Gasteiger partial charge in [0, 0.05) is 42.0 Å². The van der Waals surface area contributed by atoms with Crippen LogP contribution in [0.15, 0.2) is 97.1 Å². The van der Waals surface area contributed by atoms with Crippen LogP contribution in [0, 0.1) is 33.8 Å². The summed E-state index contributed by atoms with van der Waals surface area (Å²) in [6.07, 6.45) is 3.27. The van der Waals surface area contributed by atoms with Crippen LogP contribution in [-0.4, -0.2) is 66.7 Å². The number of Topliss-reactive ketones (excluding diaryl/α,β-unsaturated/α-hetero) is 2. The second kappa shape index (κ2) is 26.6. The molecule has 0 radical (unpaired) electrons. The van der Waals surface area contributed by atoms with Crippen molar-refractivity contribution in [2.24, 2.45) is 35.1 Å². The lowest BCUT2D eigenvalue weighted by molar-refractivity contribution is -0.459.